The van der Waals surface area contributed by atoms with E-state index in [2.05, 4.69) is 5.32 Å². The Hall–Kier alpha value is -2.27. The molecular formula is C19H20N2O2S. The highest BCUT2D eigenvalue weighted by Crippen LogP contribution is 2.44. The minimum Gasteiger partial charge on any atom is -0.354 e. The number of nitrogens with one attached hydrogen (secondary N) is 1. The summed E-state index contributed by atoms with van der Waals surface area (Å²) in [6.07, 6.45) is 0.744. The Morgan fingerprint density at radius 2 is 1.79 bits per heavy atom. The zero-order valence-electron chi connectivity index (χ0n) is 13.8. The predicted octanol–water partition coefficient (Wildman–Crippen LogP) is 2.87. The lowest BCUT2D eigenvalue weighted by molar-refractivity contribution is -0.131. The van der Waals surface area contributed by atoms with E-state index >= 15 is 0 Å². The Labute approximate surface area is 146 Å². The Bertz CT molecular complexity index is 763. The van der Waals surface area contributed by atoms with Gasteiger partial charge in [-0.15, -0.1) is 0 Å². The average molecular weight is 340 g/mol. The van der Waals surface area contributed by atoms with E-state index < -0.39 is 4.75 Å². The number of thioether (sulfide) groups is 1. The van der Waals surface area contributed by atoms with Crippen molar-refractivity contribution in [2.75, 3.05) is 18.5 Å². The van der Waals surface area contributed by atoms with E-state index in [1.807, 2.05) is 54.6 Å². The van der Waals surface area contributed by atoms with Crippen LogP contribution in [0.2, 0.25) is 0 Å². The largest absolute Gasteiger partial charge is 0.354 e. The SMILES string of the molecule is CN1C(=O)C(C)(C(=O)NCCc2ccccc2)Sc2ccccc21. The highest BCUT2D eigenvalue weighted by molar-refractivity contribution is 8.02. The van der Waals surface area contributed by atoms with Gasteiger partial charge in [-0.25, -0.2) is 0 Å². The second-order valence-corrected chi connectivity index (χ2v) is 7.42. The number of benzene rings is 2. The smallest absolute Gasteiger partial charge is 0.252 e. The zero-order chi connectivity index (χ0) is 17.2. The molecule has 0 radical (unpaired) electrons. The van der Waals surface area contributed by atoms with Gasteiger partial charge >= 0.3 is 0 Å². The number of para-hydroxylation sites is 1. The standard InChI is InChI=1S/C19H20N2O2S/c1-19(17(22)20-13-12-14-8-4-3-5-9-14)18(23)21(2)15-10-6-7-11-16(15)24-19/h3-11H,12-13H2,1-2H3,(H,20,22). The summed E-state index contributed by atoms with van der Waals surface area (Å²) in [5, 5.41) is 2.92. The number of fused-ring (bicyclic) bond motifs is 1. The molecule has 1 heterocycles. The highest BCUT2D eigenvalue weighted by atomic mass is 32.2. The summed E-state index contributed by atoms with van der Waals surface area (Å²) in [7, 11) is 1.72. The molecule has 0 aromatic heterocycles. The second-order valence-electron chi connectivity index (χ2n) is 5.96. The third-order valence-electron chi connectivity index (χ3n) is 4.23. The molecule has 0 bridgehead atoms. The summed E-state index contributed by atoms with van der Waals surface area (Å²) in [5.74, 6) is -0.432. The van der Waals surface area contributed by atoms with Crippen LogP contribution in [0.3, 0.4) is 0 Å². The summed E-state index contributed by atoms with van der Waals surface area (Å²) in [5.41, 5.74) is 2.01. The summed E-state index contributed by atoms with van der Waals surface area (Å²) in [6.45, 7) is 2.21. The van der Waals surface area contributed by atoms with Gasteiger partial charge in [-0.05, 0) is 31.0 Å². The lowest BCUT2D eigenvalue weighted by atomic mass is 10.1. The molecule has 3 rings (SSSR count). The molecule has 1 N–H and O–H groups in total. The Morgan fingerprint density at radius 3 is 2.54 bits per heavy atom. The molecule has 5 heteroatoms. The number of rotatable bonds is 4. The van der Waals surface area contributed by atoms with Crippen molar-refractivity contribution < 1.29 is 9.59 Å². The second kappa shape index (κ2) is 6.69. The van der Waals surface area contributed by atoms with Crippen LogP contribution in [-0.2, 0) is 16.0 Å². The van der Waals surface area contributed by atoms with E-state index in [0.717, 1.165) is 22.6 Å². The predicted molar refractivity (Wildman–Crippen MR) is 97.3 cm³/mol. The maximum Gasteiger partial charge on any atom is 0.252 e. The van der Waals surface area contributed by atoms with Gasteiger partial charge < -0.3 is 10.2 Å². The fraction of sp³-hybridized carbons (Fsp3) is 0.263. The minimum absolute atomic E-state index is 0.191. The molecule has 2 amide bonds. The van der Waals surface area contributed by atoms with Crippen LogP contribution in [0.1, 0.15) is 12.5 Å². The van der Waals surface area contributed by atoms with Crippen molar-refractivity contribution in [3.05, 3.63) is 60.2 Å². The van der Waals surface area contributed by atoms with Gasteiger partial charge in [-0.1, -0.05) is 54.2 Å². The van der Waals surface area contributed by atoms with Crippen molar-refractivity contribution in [1.82, 2.24) is 5.32 Å². The first kappa shape index (κ1) is 16.6. The third-order valence-corrected chi connectivity index (χ3v) is 5.56. The summed E-state index contributed by atoms with van der Waals surface area (Å²) >= 11 is 1.32. The Balaban J connectivity index is 1.71. The van der Waals surface area contributed by atoms with Crippen molar-refractivity contribution in [2.45, 2.75) is 23.0 Å². The number of hydrogen-bond acceptors (Lipinski definition) is 3. The molecule has 0 aliphatic carbocycles. The monoisotopic (exact) mass is 340 g/mol. The number of amides is 2. The lowest BCUT2D eigenvalue weighted by Crippen LogP contribution is -2.55. The van der Waals surface area contributed by atoms with Gasteiger partial charge in [0, 0.05) is 18.5 Å². The molecule has 1 atom stereocenters. The molecule has 4 nitrogen and oxygen atoms in total. The number of carbonyl (C=O) groups excluding carboxylic acids is 2. The number of carbonyl (C=O) groups is 2. The van der Waals surface area contributed by atoms with Crippen molar-refractivity contribution in [2.24, 2.45) is 0 Å². The number of nitrogens with zero attached hydrogens (tertiary/aromatic N) is 1. The van der Waals surface area contributed by atoms with E-state index in [1.54, 1.807) is 18.9 Å². The molecule has 0 saturated heterocycles. The Kier molecular flexibility index (Phi) is 4.62. The molecule has 1 aliphatic rings. The maximum atomic E-state index is 12.7. The molecule has 0 saturated carbocycles. The number of anilines is 1. The Morgan fingerprint density at radius 1 is 1.12 bits per heavy atom. The molecule has 0 spiro atoms. The van der Waals surface area contributed by atoms with Gasteiger partial charge in [0.05, 0.1) is 5.69 Å². The average Bonchev–Trinajstić information content (AvgIpc) is 2.60. The normalized spacial score (nSPS) is 19.8. The van der Waals surface area contributed by atoms with Crippen molar-refractivity contribution in [1.29, 1.82) is 0 Å². The molecular weight excluding hydrogens is 320 g/mol. The van der Waals surface area contributed by atoms with Crippen LogP contribution >= 0.6 is 11.8 Å². The molecule has 0 fully saturated rings. The van der Waals surface area contributed by atoms with E-state index in [4.69, 9.17) is 0 Å². The van der Waals surface area contributed by atoms with Gasteiger partial charge in [-0.2, -0.15) is 0 Å². The van der Waals surface area contributed by atoms with Crippen LogP contribution in [0.4, 0.5) is 5.69 Å². The fourth-order valence-electron chi connectivity index (χ4n) is 2.79. The number of hydrogen-bond donors (Lipinski definition) is 1. The van der Waals surface area contributed by atoms with Gasteiger partial charge in [0.1, 0.15) is 0 Å². The van der Waals surface area contributed by atoms with E-state index in [0.29, 0.717) is 6.54 Å². The first-order chi connectivity index (χ1) is 11.5. The van der Waals surface area contributed by atoms with E-state index in [-0.39, 0.29) is 11.8 Å². The zero-order valence-corrected chi connectivity index (χ0v) is 14.6. The van der Waals surface area contributed by atoms with Crippen LogP contribution in [0.25, 0.3) is 0 Å². The van der Waals surface area contributed by atoms with Crippen molar-refractivity contribution in [3.63, 3.8) is 0 Å². The molecule has 24 heavy (non-hydrogen) atoms. The quantitative estimate of drug-likeness (QED) is 0.871. The molecule has 2 aromatic carbocycles. The first-order valence-electron chi connectivity index (χ1n) is 7.91. The molecule has 124 valence electrons. The molecule has 1 aliphatic heterocycles. The fourth-order valence-corrected chi connectivity index (χ4v) is 4.08. The van der Waals surface area contributed by atoms with Gasteiger partial charge in [0.2, 0.25) is 5.91 Å². The van der Waals surface area contributed by atoms with Crippen LogP contribution in [0.5, 0.6) is 0 Å². The molecule has 1 unspecified atom stereocenters. The van der Waals surface area contributed by atoms with Crippen LogP contribution < -0.4 is 10.2 Å². The van der Waals surface area contributed by atoms with E-state index in [9.17, 15) is 9.59 Å². The summed E-state index contributed by atoms with van der Waals surface area (Å²) in [6, 6.07) is 17.6. The van der Waals surface area contributed by atoms with Crippen LogP contribution in [0.15, 0.2) is 59.5 Å². The third kappa shape index (κ3) is 3.04. The minimum atomic E-state index is -1.14. The highest BCUT2D eigenvalue weighted by Gasteiger charge is 2.48. The first-order valence-corrected chi connectivity index (χ1v) is 8.72. The van der Waals surface area contributed by atoms with Gasteiger partial charge in [-0.3, -0.25) is 9.59 Å². The van der Waals surface area contributed by atoms with Crippen molar-refractivity contribution in [3.8, 4) is 0 Å². The maximum absolute atomic E-state index is 12.7. The summed E-state index contributed by atoms with van der Waals surface area (Å²) in [4.78, 5) is 27.9. The summed E-state index contributed by atoms with van der Waals surface area (Å²) < 4.78 is -1.14. The van der Waals surface area contributed by atoms with Crippen molar-refractivity contribution >= 4 is 29.3 Å². The lowest BCUT2D eigenvalue weighted by Gasteiger charge is -2.36. The molecule has 2 aromatic rings. The van der Waals surface area contributed by atoms with Crippen LogP contribution in [-0.4, -0.2) is 30.2 Å². The topological polar surface area (TPSA) is 49.4 Å². The van der Waals surface area contributed by atoms with E-state index in [1.165, 1.54) is 11.8 Å². The van der Waals surface area contributed by atoms with Crippen LogP contribution in [0, 0.1) is 0 Å². The van der Waals surface area contributed by atoms with Gasteiger partial charge in [0.25, 0.3) is 5.91 Å². The van der Waals surface area contributed by atoms with Gasteiger partial charge in [0.15, 0.2) is 4.75 Å².